The molecule has 0 saturated carbocycles. The summed E-state index contributed by atoms with van der Waals surface area (Å²) in [7, 11) is 1.71. The van der Waals surface area contributed by atoms with Crippen molar-refractivity contribution in [3.8, 4) is 0 Å². The zero-order valence-electron chi connectivity index (χ0n) is 21.3. The summed E-state index contributed by atoms with van der Waals surface area (Å²) in [6.45, 7) is 7.47. The second-order valence-corrected chi connectivity index (χ2v) is 10.5. The van der Waals surface area contributed by atoms with Gasteiger partial charge in [0.25, 0.3) is 11.8 Å². The van der Waals surface area contributed by atoms with Gasteiger partial charge in [-0.1, -0.05) is 39.0 Å². The quantitative estimate of drug-likeness (QED) is 0.660. The fourth-order valence-electron chi connectivity index (χ4n) is 4.70. The lowest BCUT2D eigenvalue weighted by Crippen LogP contribution is -2.56. The molecule has 0 radical (unpaired) electrons. The average molecular weight is 495 g/mol. The third kappa shape index (κ3) is 5.06. The summed E-state index contributed by atoms with van der Waals surface area (Å²) < 4.78 is 5.29. The van der Waals surface area contributed by atoms with Crippen LogP contribution in [0.3, 0.4) is 0 Å². The number of pyridine rings is 1. The van der Waals surface area contributed by atoms with Gasteiger partial charge in [-0.2, -0.15) is 0 Å². The number of likely N-dealkylation sites (N-methyl/N-ethyl adjacent to an activating group) is 1. The van der Waals surface area contributed by atoms with Crippen LogP contribution in [0.25, 0.3) is 0 Å². The minimum absolute atomic E-state index is 0.0844. The molecule has 2 fully saturated rings. The molecule has 4 rings (SSSR count). The Kier molecular flexibility index (Phi) is 7.31. The van der Waals surface area contributed by atoms with Crippen molar-refractivity contribution in [3.63, 3.8) is 0 Å². The first-order valence-electron chi connectivity index (χ1n) is 12.3. The number of carbonyl (C=O) groups is 3. The van der Waals surface area contributed by atoms with E-state index in [0.29, 0.717) is 37.3 Å². The average Bonchev–Trinajstić information content (AvgIpc) is 3.31. The van der Waals surface area contributed by atoms with Crippen LogP contribution in [0.1, 0.15) is 50.8 Å². The number of hydrogen-bond acceptors (Lipinski definition) is 5. The van der Waals surface area contributed by atoms with Crippen molar-refractivity contribution in [2.75, 3.05) is 31.7 Å². The first-order chi connectivity index (χ1) is 17.1. The molecule has 2 saturated heterocycles. The number of aromatic nitrogens is 1. The Bertz CT molecular complexity index is 1100. The molecule has 192 valence electrons. The SMILES string of the molecule is CN(C(=O)C(c1cccnc1)N(C(=O)[C@H]1CCCN1C(=O)O)c1ccc(C(C)(C)C)cc1)C1COC1. The maximum absolute atomic E-state index is 14.1. The van der Waals surface area contributed by atoms with Gasteiger partial charge in [-0.15, -0.1) is 0 Å². The van der Waals surface area contributed by atoms with Crippen molar-refractivity contribution >= 4 is 23.6 Å². The molecule has 0 bridgehead atoms. The van der Waals surface area contributed by atoms with Crippen molar-refractivity contribution in [1.82, 2.24) is 14.8 Å². The van der Waals surface area contributed by atoms with Crippen molar-refractivity contribution in [1.29, 1.82) is 0 Å². The molecule has 1 aromatic heterocycles. The summed E-state index contributed by atoms with van der Waals surface area (Å²) >= 11 is 0. The normalized spacial score (nSPS) is 18.9. The molecule has 2 aliphatic rings. The lowest BCUT2D eigenvalue weighted by molar-refractivity contribution is -0.144. The van der Waals surface area contributed by atoms with E-state index in [1.54, 1.807) is 36.5 Å². The van der Waals surface area contributed by atoms with E-state index in [0.717, 1.165) is 5.56 Å². The number of likely N-dealkylation sites (tertiary alicyclic amines) is 1. The van der Waals surface area contributed by atoms with Gasteiger partial charge in [0, 0.05) is 37.2 Å². The molecule has 1 aromatic carbocycles. The molecule has 9 heteroatoms. The molecule has 9 nitrogen and oxygen atoms in total. The molecule has 3 amide bonds. The zero-order valence-corrected chi connectivity index (χ0v) is 21.3. The maximum Gasteiger partial charge on any atom is 0.407 e. The summed E-state index contributed by atoms with van der Waals surface area (Å²) in [6.07, 6.45) is 3.05. The summed E-state index contributed by atoms with van der Waals surface area (Å²) in [5, 5.41) is 9.73. The van der Waals surface area contributed by atoms with Crippen LogP contribution in [0.15, 0.2) is 48.8 Å². The van der Waals surface area contributed by atoms with Crippen LogP contribution in [0.2, 0.25) is 0 Å². The molecular weight excluding hydrogens is 460 g/mol. The lowest BCUT2D eigenvalue weighted by Gasteiger charge is -2.40. The number of carbonyl (C=O) groups excluding carboxylic acids is 2. The highest BCUT2D eigenvalue weighted by atomic mass is 16.5. The molecule has 2 aromatic rings. The number of hydrogen-bond donors (Lipinski definition) is 1. The van der Waals surface area contributed by atoms with Crippen LogP contribution in [-0.2, 0) is 19.7 Å². The van der Waals surface area contributed by atoms with Crippen molar-refractivity contribution < 1.29 is 24.2 Å². The number of nitrogens with zero attached hydrogens (tertiary/aromatic N) is 4. The zero-order chi connectivity index (χ0) is 26.0. The first kappa shape index (κ1) is 25.6. The van der Waals surface area contributed by atoms with Gasteiger partial charge in [-0.25, -0.2) is 4.79 Å². The van der Waals surface area contributed by atoms with Crippen LogP contribution in [0.5, 0.6) is 0 Å². The van der Waals surface area contributed by atoms with Gasteiger partial charge >= 0.3 is 6.09 Å². The number of benzene rings is 1. The lowest BCUT2D eigenvalue weighted by atomic mass is 9.87. The van der Waals surface area contributed by atoms with Crippen molar-refractivity contribution in [3.05, 3.63) is 59.9 Å². The standard InChI is InChI=1S/C27H34N4O5/c1-27(2,3)19-9-11-20(12-10-19)31(24(32)22-8-6-14-30(22)26(34)35)23(18-7-5-13-28-15-18)25(33)29(4)21-16-36-17-21/h5,7,9-13,15,21-23H,6,8,14,16-17H2,1-4H3,(H,34,35)/t22-,23?/m1/s1. The van der Waals surface area contributed by atoms with Crippen LogP contribution >= 0.6 is 0 Å². The van der Waals surface area contributed by atoms with Gasteiger partial charge in [-0.05, 0) is 42.0 Å². The van der Waals surface area contributed by atoms with Crippen molar-refractivity contribution in [2.24, 2.45) is 0 Å². The van der Waals surface area contributed by atoms with E-state index >= 15 is 0 Å². The smallest absolute Gasteiger partial charge is 0.407 e. The number of carboxylic acid groups (broad SMARTS) is 1. The second-order valence-electron chi connectivity index (χ2n) is 10.5. The highest BCUT2D eigenvalue weighted by Gasteiger charge is 2.43. The van der Waals surface area contributed by atoms with Gasteiger partial charge in [0.2, 0.25) is 0 Å². The predicted octanol–water partition coefficient (Wildman–Crippen LogP) is 3.45. The van der Waals surface area contributed by atoms with E-state index in [1.807, 2.05) is 24.3 Å². The van der Waals surface area contributed by atoms with E-state index in [9.17, 15) is 19.5 Å². The molecule has 36 heavy (non-hydrogen) atoms. The third-order valence-electron chi connectivity index (χ3n) is 7.04. The minimum atomic E-state index is -1.14. The topological polar surface area (TPSA) is 103 Å². The van der Waals surface area contributed by atoms with Gasteiger partial charge < -0.3 is 14.7 Å². The fourth-order valence-corrected chi connectivity index (χ4v) is 4.70. The van der Waals surface area contributed by atoms with Gasteiger partial charge in [-0.3, -0.25) is 24.4 Å². The summed E-state index contributed by atoms with van der Waals surface area (Å²) in [6, 6.07) is 9.12. The van der Waals surface area contributed by atoms with E-state index in [4.69, 9.17) is 4.74 Å². The van der Waals surface area contributed by atoms with E-state index in [1.165, 1.54) is 9.80 Å². The van der Waals surface area contributed by atoms with Gasteiger partial charge in [0.15, 0.2) is 0 Å². The molecule has 2 atom stereocenters. The highest BCUT2D eigenvalue weighted by Crippen LogP contribution is 2.34. The number of anilines is 1. The highest BCUT2D eigenvalue weighted by molar-refractivity contribution is 6.04. The number of rotatable bonds is 6. The Balaban J connectivity index is 1.82. The Hall–Kier alpha value is -3.46. The molecule has 1 unspecified atom stereocenters. The minimum Gasteiger partial charge on any atom is -0.465 e. The third-order valence-corrected chi connectivity index (χ3v) is 7.04. The Labute approximate surface area is 211 Å². The largest absolute Gasteiger partial charge is 0.465 e. The molecule has 2 aliphatic heterocycles. The van der Waals surface area contributed by atoms with Crippen LogP contribution < -0.4 is 4.90 Å². The molecule has 3 heterocycles. The van der Waals surface area contributed by atoms with E-state index in [2.05, 4.69) is 25.8 Å². The molecule has 1 N–H and O–H groups in total. The maximum atomic E-state index is 14.1. The van der Waals surface area contributed by atoms with Gasteiger partial charge in [0.1, 0.15) is 12.1 Å². The van der Waals surface area contributed by atoms with E-state index < -0.39 is 24.1 Å². The van der Waals surface area contributed by atoms with Crippen LogP contribution in [0, 0.1) is 0 Å². The molecule has 0 aliphatic carbocycles. The summed E-state index contributed by atoms with van der Waals surface area (Å²) in [5.41, 5.74) is 2.08. The monoisotopic (exact) mass is 494 g/mol. The Morgan fingerprint density at radius 3 is 2.36 bits per heavy atom. The summed E-state index contributed by atoms with van der Waals surface area (Å²) in [5.74, 6) is -0.691. The molecule has 0 spiro atoms. The fraction of sp³-hybridized carbons (Fsp3) is 0.481. The van der Waals surface area contributed by atoms with Gasteiger partial charge in [0.05, 0.1) is 19.3 Å². The first-order valence-corrected chi connectivity index (χ1v) is 12.3. The number of ether oxygens (including phenoxy) is 1. The summed E-state index contributed by atoms with van der Waals surface area (Å²) in [4.78, 5) is 48.5. The van der Waals surface area contributed by atoms with Crippen molar-refractivity contribution in [2.45, 2.75) is 57.2 Å². The Morgan fingerprint density at radius 1 is 1.14 bits per heavy atom. The second kappa shape index (κ2) is 10.3. The predicted molar refractivity (Wildman–Crippen MR) is 135 cm³/mol. The Morgan fingerprint density at radius 2 is 1.83 bits per heavy atom. The van der Waals surface area contributed by atoms with Crippen LogP contribution in [-0.4, -0.2) is 76.7 Å². The van der Waals surface area contributed by atoms with E-state index in [-0.39, 0.29) is 23.9 Å². The number of amides is 3. The van der Waals surface area contributed by atoms with Crippen LogP contribution in [0.4, 0.5) is 10.5 Å². The molecular formula is C27H34N4O5.